The van der Waals surface area contributed by atoms with Gasteiger partial charge in [-0.25, -0.2) is 0 Å². The van der Waals surface area contributed by atoms with E-state index in [1.807, 2.05) is 23.5 Å². The molecule has 0 heterocycles. The fraction of sp³-hybridized carbons (Fsp3) is 0.636. The van der Waals surface area contributed by atoms with Gasteiger partial charge in [0.2, 0.25) is 0 Å². The lowest BCUT2D eigenvalue weighted by Crippen LogP contribution is -2.31. The number of carboxylic acid groups (broad SMARTS) is 2. The maximum absolute atomic E-state index is 11.7. The third-order valence-corrected chi connectivity index (χ3v) is 6.88. The van der Waals surface area contributed by atoms with Crippen LogP contribution in [0, 0.1) is 0 Å². The molecule has 0 aliphatic rings. The quantitative estimate of drug-likeness (QED) is 0.379. The van der Waals surface area contributed by atoms with Crippen molar-refractivity contribution in [3.8, 4) is 0 Å². The third-order valence-electron chi connectivity index (χ3n) is 4.57. The highest BCUT2D eigenvalue weighted by Gasteiger charge is 2.15. The summed E-state index contributed by atoms with van der Waals surface area (Å²) >= 11 is 3.78. The summed E-state index contributed by atoms with van der Waals surface area (Å²) in [7, 11) is 0. The largest absolute Gasteiger partial charge is 0.545 e. The molecule has 28 heavy (non-hydrogen) atoms. The molecule has 158 valence electrons. The molecule has 0 unspecified atom stereocenters. The Labute approximate surface area is 177 Å². The summed E-state index contributed by atoms with van der Waals surface area (Å²) in [6.45, 7) is 4.33. The first kappa shape index (κ1) is 24.9. The minimum absolute atomic E-state index is 0.185. The molecule has 1 aromatic carbocycles. The zero-order chi connectivity index (χ0) is 20.8. The van der Waals surface area contributed by atoms with Gasteiger partial charge in [0.25, 0.3) is 0 Å². The van der Waals surface area contributed by atoms with Crippen molar-refractivity contribution >= 4 is 35.5 Å². The minimum Gasteiger partial charge on any atom is -0.545 e. The summed E-state index contributed by atoms with van der Waals surface area (Å²) in [5, 5.41) is 23.1. The first-order valence-electron chi connectivity index (χ1n) is 10.3. The molecule has 0 atom stereocenters. The molecule has 1 rings (SSSR count). The first-order chi connectivity index (χ1) is 13.5. The Morgan fingerprint density at radius 3 is 1.82 bits per heavy atom. The van der Waals surface area contributed by atoms with Crippen molar-refractivity contribution in [2.75, 3.05) is 23.0 Å². The van der Waals surface area contributed by atoms with Crippen LogP contribution in [0.2, 0.25) is 0 Å². The number of aryl methyl sites for hydroxylation is 1. The lowest BCUT2D eigenvalue weighted by molar-refractivity contribution is -0.259. The molecule has 0 bridgehead atoms. The van der Waals surface area contributed by atoms with E-state index in [1.165, 1.54) is 25.3 Å². The monoisotopic (exact) mass is 424 g/mol. The van der Waals surface area contributed by atoms with E-state index in [9.17, 15) is 19.8 Å². The van der Waals surface area contributed by atoms with Gasteiger partial charge in [0, 0.05) is 11.1 Å². The Balaban J connectivity index is 2.85. The highest BCUT2D eigenvalue weighted by atomic mass is 32.2. The normalized spacial score (nSPS) is 10.9. The molecule has 0 aliphatic carbocycles. The van der Waals surface area contributed by atoms with Crippen molar-refractivity contribution in [2.45, 2.75) is 65.2 Å². The molecule has 4 nitrogen and oxygen atoms in total. The van der Waals surface area contributed by atoms with Crippen LogP contribution in [0.1, 0.15) is 84.2 Å². The van der Waals surface area contributed by atoms with Crippen molar-refractivity contribution in [3.05, 3.63) is 34.4 Å². The van der Waals surface area contributed by atoms with E-state index in [0.717, 1.165) is 54.3 Å². The smallest absolute Gasteiger partial charge is 0.0724 e. The molecule has 0 spiro atoms. The molecule has 6 heteroatoms. The predicted molar refractivity (Wildman–Crippen MR) is 116 cm³/mol. The molecular formula is C22H32O4S2-2. The highest BCUT2D eigenvalue weighted by molar-refractivity contribution is 7.99. The summed E-state index contributed by atoms with van der Waals surface area (Å²) in [5.74, 6) is 1.33. The number of rotatable bonds is 16. The second kappa shape index (κ2) is 14.8. The van der Waals surface area contributed by atoms with Crippen LogP contribution in [-0.2, 0) is 12.8 Å². The Kier molecular flexibility index (Phi) is 13.2. The fourth-order valence-corrected chi connectivity index (χ4v) is 5.12. The number of unbranched alkanes of at least 4 members (excludes halogenated alkanes) is 2. The van der Waals surface area contributed by atoms with Crippen LogP contribution in [-0.4, -0.2) is 35.0 Å². The Morgan fingerprint density at radius 1 is 0.786 bits per heavy atom. The average Bonchev–Trinajstić information content (AvgIpc) is 2.67. The maximum Gasteiger partial charge on any atom is 0.0724 e. The number of hydrogen-bond acceptors (Lipinski definition) is 6. The number of hydrogen-bond donors (Lipinski definition) is 0. The fourth-order valence-electron chi connectivity index (χ4n) is 3.03. The second-order valence-corrected chi connectivity index (χ2v) is 9.29. The summed E-state index contributed by atoms with van der Waals surface area (Å²) in [6.07, 6.45) is 7.82. The Morgan fingerprint density at radius 2 is 1.32 bits per heavy atom. The van der Waals surface area contributed by atoms with Crippen molar-refractivity contribution in [1.82, 2.24) is 0 Å². The number of carbonyl (C=O) groups excluding carboxylic acids is 2. The third kappa shape index (κ3) is 8.91. The van der Waals surface area contributed by atoms with E-state index in [4.69, 9.17) is 0 Å². The van der Waals surface area contributed by atoms with E-state index in [0.29, 0.717) is 12.0 Å². The summed E-state index contributed by atoms with van der Waals surface area (Å²) < 4.78 is 0. The zero-order valence-electron chi connectivity index (χ0n) is 17.1. The van der Waals surface area contributed by atoms with E-state index in [1.54, 1.807) is 6.07 Å². The molecule has 0 amide bonds. The molecular weight excluding hydrogens is 392 g/mol. The molecule has 0 fully saturated rings. The lowest BCUT2D eigenvalue weighted by atomic mass is 9.91. The van der Waals surface area contributed by atoms with E-state index < -0.39 is 11.9 Å². The van der Waals surface area contributed by atoms with Gasteiger partial charge in [-0.1, -0.05) is 38.8 Å². The number of carbonyl (C=O) groups is 2. The molecule has 1 aromatic rings. The average molecular weight is 425 g/mol. The molecule has 0 N–H and O–H groups in total. The van der Waals surface area contributed by atoms with Gasteiger partial charge in [-0.2, -0.15) is 23.5 Å². The Hall–Kier alpha value is -1.14. The summed E-state index contributed by atoms with van der Waals surface area (Å²) in [4.78, 5) is 23.1. The van der Waals surface area contributed by atoms with Crippen LogP contribution in [0.25, 0.3) is 0 Å². The van der Waals surface area contributed by atoms with Gasteiger partial charge in [0.1, 0.15) is 0 Å². The van der Waals surface area contributed by atoms with E-state index >= 15 is 0 Å². The van der Waals surface area contributed by atoms with Crippen LogP contribution >= 0.6 is 23.5 Å². The topological polar surface area (TPSA) is 80.3 Å². The first-order valence-corrected chi connectivity index (χ1v) is 12.6. The van der Waals surface area contributed by atoms with Gasteiger partial charge in [-0.15, -0.1) is 0 Å². The molecule has 0 aromatic heterocycles. The predicted octanol–water partition coefficient (Wildman–Crippen LogP) is 3.35. The van der Waals surface area contributed by atoms with E-state index in [-0.39, 0.29) is 11.1 Å². The molecule has 0 aliphatic heterocycles. The number of aromatic carboxylic acids is 2. The lowest BCUT2D eigenvalue weighted by Gasteiger charge is -2.20. The van der Waals surface area contributed by atoms with Crippen molar-refractivity contribution in [3.63, 3.8) is 0 Å². The Bertz CT molecular complexity index is 617. The number of thioether (sulfide) groups is 2. The van der Waals surface area contributed by atoms with Crippen LogP contribution in [0.15, 0.2) is 12.1 Å². The SMILES string of the molecule is CCCCSCCCc1ccc(C(=O)[O-])c(C(=O)[O-])c1CCCSCCCC. The van der Waals surface area contributed by atoms with Crippen LogP contribution < -0.4 is 10.2 Å². The molecule has 0 radical (unpaired) electrons. The number of carboxylic acids is 2. The van der Waals surface area contributed by atoms with Gasteiger partial charge in [-0.05, 0) is 72.7 Å². The maximum atomic E-state index is 11.7. The van der Waals surface area contributed by atoms with Gasteiger partial charge in [-0.3, -0.25) is 0 Å². The second-order valence-electron chi connectivity index (χ2n) is 6.84. The van der Waals surface area contributed by atoms with Crippen LogP contribution in [0.3, 0.4) is 0 Å². The van der Waals surface area contributed by atoms with Gasteiger partial charge < -0.3 is 19.8 Å². The summed E-state index contributed by atoms with van der Waals surface area (Å²) in [5.41, 5.74) is 1.10. The van der Waals surface area contributed by atoms with E-state index in [2.05, 4.69) is 13.8 Å². The van der Waals surface area contributed by atoms with Gasteiger partial charge in [0.15, 0.2) is 0 Å². The number of benzene rings is 1. The van der Waals surface area contributed by atoms with Crippen molar-refractivity contribution < 1.29 is 19.8 Å². The van der Waals surface area contributed by atoms with Gasteiger partial charge in [0.05, 0.1) is 11.9 Å². The van der Waals surface area contributed by atoms with Crippen LogP contribution in [0.5, 0.6) is 0 Å². The van der Waals surface area contributed by atoms with Crippen molar-refractivity contribution in [1.29, 1.82) is 0 Å². The molecule has 0 saturated carbocycles. The summed E-state index contributed by atoms with van der Waals surface area (Å²) in [6, 6.07) is 3.12. The van der Waals surface area contributed by atoms with Gasteiger partial charge >= 0.3 is 0 Å². The minimum atomic E-state index is -1.46. The standard InChI is InChI=1S/C22H34O4S2/c1-3-5-13-27-15-7-9-17-11-12-19(21(23)24)20(22(25)26)18(17)10-8-16-28-14-6-4-2/h11-12H,3-10,13-16H2,1-2H3,(H,23,24)(H,25,26)/p-2. The zero-order valence-corrected chi connectivity index (χ0v) is 18.7. The highest BCUT2D eigenvalue weighted by Crippen LogP contribution is 2.24. The van der Waals surface area contributed by atoms with Crippen LogP contribution in [0.4, 0.5) is 0 Å². The van der Waals surface area contributed by atoms with Crippen molar-refractivity contribution in [2.24, 2.45) is 0 Å². The molecule has 0 saturated heterocycles.